The van der Waals surface area contributed by atoms with Crippen LogP contribution in [0.2, 0.25) is 0 Å². The molecule has 1 atom stereocenters. The lowest BCUT2D eigenvalue weighted by molar-refractivity contribution is -0.144. The highest BCUT2D eigenvalue weighted by Crippen LogP contribution is 2.25. The minimum atomic E-state index is -0.0583. The van der Waals surface area contributed by atoms with Gasteiger partial charge in [-0.15, -0.1) is 0 Å². The van der Waals surface area contributed by atoms with Crippen molar-refractivity contribution in [3.63, 3.8) is 0 Å². The summed E-state index contributed by atoms with van der Waals surface area (Å²) in [5.74, 6) is 0.995. The van der Waals surface area contributed by atoms with Crippen molar-refractivity contribution in [1.29, 1.82) is 0 Å². The number of rotatable bonds is 20. The third-order valence-electron chi connectivity index (χ3n) is 7.12. The van der Waals surface area contributed by atoms with E-state index in [1.165, 1.54) is 94.4 Å². The van der Waals surface area contributed by atoms with Crippen molar-refractivity contribution in [2.45, 2.75) is 122 Å². The Hall–Kier alpha value is -2.03. The average molecular weight is 483 g/mol. The van der Waals surface area contributed by atoms with Gasteiger partial charge in [0, 0.05) is 12.3 Å². The second-order valence-corrected chi connectivity index (χ2v) is 10.3. The molecule has 2 aromatic rings. The van der Waals surface area contributed by atoms with Crippen molar-refractivity contribution in [3.05, 3.63) is 42.0 Å². The van der Waals surface area contributed by atoms with Gasteiger partial charge in [0.2, 0.25) is 0 Å². The monoisotopic (exact) mass is 482 g/mol. The number of carbonyl (C=O) groups is 1. The number of unbranched alkanes of at least 4 members (excludes halogenated alkanes) is 14. The Morgan fingerprint density at radius 3 is 1.80 bits per heavy atom. The Morgan fingerprint density at radius 2 is 1.23 bits per heavy atom. The topological polar surface area (TPSA) is 35.5 Å². The van der Waals surface area contributed by atoms with Gasteiger partial charge in [-0.25, -0.2) is 0 Å². The van der Waals surface area contributed by atoms with Gasteiger partial charge >= 0.3 is 5.97 Å². The summed E-state index contributed by atoms with van der Waals surface area (Å²) >= 11 is 0. The summed E-state index contributed by atoms with van der Waals surface area (Å²) in [5.41, 5.74) is 1.20. The van der Waals surface area contributed by atoms with Crippen LogP contribution in [0.3, 0.4) is 0 Å². The number of methoxy groups -OCH3 is 1. The lowest BCUT2D eigenvalue weighted by Crippen LogP contribution is -2.10. The lowest BCUT2D eigenvalue weighted by atomic mass is 9.98. The Kier molecular flexibility index (Phi) is 15.2. The molecule has 0 heterocycles. The summed E-state index contributed by atoms with van der Waals surface area (Å²) in [6.07, 6.45) is 20.6. The molecule has 0 aromatic heterocycles. The second kappa shape index (κ2) is 18.3. The smallest absolute Gasteiger partial charge is 0.305 e. The molecule has 0 N–H and O–H groups in total. The fourth-order valence-corrected chi connectivity index (χ4v) is 4.70. The van der Waals surface area contributed by atoms with Gasteiger partial charge in [-0.1, -0.05) is 128 Å². The molecule has 0 aliphatic rings. The van der Waals surface area contributed by atoms with Gasteiger partial charge in [-0.05, 0) is 34.9 Å². The van der Waals surface area contributed by atoms with E-state index in [1.54, 1.807) is 7.11 Å². The van der Waals surface area contributed by atoms with E-state index in [1.807, 2.05) is 12.1 Å². The molecule has 0 saturated heterocycles. The molecule has 0 amide bonds. The van der Waals surface area contributed by atoms with Crippen LogP contribution in [0.25, 0.3) is 10.8 Å². The first-order chi connectivity index (χ1) is 17.1. The van der Waals surface area contributed by atoms with Gasteiger partial charge in [0.15, 0.2) is 0 Å². The van der Waals surface area contributed by atoms with E-state index >= 15 is 0 Å². The molecule has 0 saturated carbocycles. The molecule has 3 nitrogen and oxygen atoms in total. The van der Waals surface area contributed by atoms with Crippen LogP contribution in [0.1, 0.15) is 128 Å². The quantitative estimate of drug-likeness (QED) is 0.139. The van der Waals surface area contributed by atoms with E-state index < -0.39 is 0 Å². The fourth-order valence-electron chi connectivity index (χ4n) is 4.70. The third-order valence-corrected chi connectivity index (χ3v) is 7.12. The second-order valence-electron chi connectivity index (χ2n) is 10.3. The number of ether oxygens (including phenoxy) is 2. The van der Waals surface area contributed by atoms with Crippen LogP contribution in [0, 0.1) is 0 Å². The number of hydrogen-bond acceptors (Lipinski definition) is 3. The van der Waals surface area contributed by atoms with Crippen LogP contribution in [-0.4, -0.2) is 19.7 Å². The molecule has 2 aromatic carbocycles. The number of benzene rings is 2. The Morgan fingerprint density at radius 1 is 0.714 bits per heavy atom. The summed E-state index contributed by atoms with van der Waals surface area (Å²) in [6.45, 7) is 4.84. The fraction of sp³-hybridized carbons (Fsp3) is 0.656. The minimum absolute atomic E-state index is 0.0583. The van der Waals surface area contributed by atoms with Crippen LogP contribution < -0.4 is 4.74 Å². The van der Waals surface area contributed by atoms with Crippen molar-refractivity contribution in [2.24, 2.45) is 0 Å². The predicted molar refractivity (Wildman–Crippen MR) is 149 cm³/mol. The first-order valence-corrected chi connectivity index (χ1v) is 14.4. The molecular formula is C32H50O3. The summed E-state index contributed by atoms with van der Waals surface area (Å²) in [4.78, 5) is 12.2. The largest absolute Gasteiger partial charge is 0.497 e. The summed E-state index contributed by atoms with van der Waals surface area (Å²) in [6, 6.07) is 12.5. The normalized spacial score (nSPS) is 12.1. The summed E-state index contributed by atoms with van der Waals surface area (Å²) < 4.78 is 10.9. The molecular weight excluding hydrogens is 432 g/mol. The SMILES string of the molecule is CCCCCCCCCCCCCCCCCC(=O)OC[C@@H](C)c1ccc2cc(OC)ccc2c1. The van der Waals surface area contributed by atoms with Gasteiger partial charge in [-0.2, -0.15) is 0 Å². The Bertz CT molecular complexity index is 829. The molecule has 196 valence electrons. The van der Waals surface area contributed by atoms with Gasteiger partial charge < -0.3 is 9.47 Å². The van der Waals surface area contributed by atoms with Crippen LogP contribution in [0.4, 0.5) is 0 Å². The number of esters is 1. The third kappa shape index (κ3) is 12.5. The van der Waals surface area contributed by atoms with E-state index in [-0.39, 0.29) is 11.9 Å². The molecule has 0 radical (unpaired) electrons. The van der Waals surface area contributed by atoms with E-state index in [2.05, 4.69) is 38.1 Å². The van der Waals surface area contributed by atoms with E-state index in [0.29, 0.717) is 13.0 Å². The average Bonchev–Trinajstić information content (AvgIpc) is 2.88. The molecule has 35 heavy (non-hydrogen) atoms. The number of hydrogen-bond donors (Lipinski definition) is 0. The molecule has 0 aliphatic heterocycles. The van der Waals surface area contributed by atoms with Crippen LogP contribution >= 0.6 is 0 Å². The zero-order valence-corrected chi connectivity index (χ0v) is 22.8. The molecule has 0 spiro atoms. The van der Waals surface area contributed by atoms with Gasteiger partial charge in [0.1, 0.15) is 5.75 Å². The molecule has 0 fully saturated rings. The van der Waals surface area contributed by atoms with E-state index in [4.69, 9.17) is 9.47 Å². The lowest BCUT2D eigenvalue weighted by Gasteiger charge is -2.14. The summed E-state index contributed by atoms with van der Waals surface area (Å²) in [7, 11) is 1.69. The molecule has 0 unspecified atom stereocenters. The molecule has 2 rings (SSSR count). The first-order valence-electron chi connectivity index (χ1n) is 14.4. The molecule has 0 bridgehead atoms. The number of carbonyl (C=O) groups excluding carboxylic acids is 1. The van der Waals surface area contributed by atoms with Crippen molar-refractivity contribution in [1.82, 2.24) is 0 Å². The van der Waals surface area contributed by atoms with Crippen molar-refractivity contribution < 1.29 is 14.3 Å². The first kappa shape index (κ1) is 29.2. The van der Waals surface area contributed by atoms with Crippen molar-refractivity contribution >= 4 is 16.7 Å². The predicted octanol–water partition coefficient (Wildman–Crippen LogP) is 9.76. The van der Waals surface area contributed by atoms with E-state index in [0.717, 1.165) is 24.0 Å². The Balaban J connectivity index is 1.45. The maximum atomic E-state index is 12.2. The van der Waals surface area contributed by atoms with Crippen molar-refractivity contribution in [3.8, 4) is 5.75 Å². The number of fused-ring (bicyclic) bond motifs is 1. The molecule has 3 heteroatoms. The maximum absolute atomic E-state index is 12.2. The Labute approximate surface area is 215 Å². The standard InChI is InChI=1S/C32H50O3/c1-4-5-6-7-8-9-10-11-12-13-14-15-16-17-18-19-32(33)35-26-27(2)28-20-21-30-25-31(34-3)23-22-29(30)24-28/h20-25,27H,4-19,26H2,1-3H3/t27-/m1/s1. The highest BCUT2D eigenvalue weighted by atomic mass is 16.5. The maximum Gasteiger partial charge on any atom is 0.305 e. The van der Waals surface area contributed by atoms with Crippen LogP contribution in [0.15, 0.2) is 36.4 Å². The van der Waals surface area contributed by atoms with Gasteiger partial charge in [0.25, 0.3) is 0 Å². The highest BCUT2D eigenvalue weighted by Gasteiger charge is 2.10. The minimum Gasteiger partial charge on any atom is -0.497 e. The zero-order chi connectivity index (χ0) is 25.1. The summed E-state index contributed by atoms with van der Waals surface area (Å²) in [5, 5.41) is 2.34. The van der Waals surface area contributed by atoms with Crippen molar-refractivity contribution in [2.75, 3.05) is 13.7 Å². The molecule has 0 aliphatic carbocycles. The van der Waals surface area contributed by atoms with E-state index in [9.17, 15) is 4.79 Å². The van der Waals surface area contributed by atoms with Crippen LogP contribution in [0.5, 0.6) is 5.75 Å². The highest BCUT2D eigenvalue weighted by molar-refractivity contribution is 5.84. The van der Waals surface area contributed by atoms with Gasteiger partial charge in [0.05, 0.1) is 13.7 Å². The zero-order valence-electron chi connectivity index (χ0n) is 22.8. The van der Waals surface area contributed by atoms with Crippen LogP contribution in [-0.2, 0) is 9.53 Å². The van der Waals surface area contributed by atoms with Gasteiger partial charge in [-0.3, -0.25) is 4.79 Å².